The second-order valence-corrected chi connectivity index (χ2v) is 5.39. The second kappa shape index (κ2) is 5.17. The molecule has 1 aromatic heterocycles. The number of ketones is 1. The quantitative estimate of drug-likeness (QED) is 0.657. The lowest BCUT2D eigenvalue weighted by Crippen LogP contribution is -2.11. The lowest BCUT2D eigenvalue weighted by atomic mass is 10.0. The summed E-state index contributed by atoms with van der Waals surface area (Å²) in [6.45, 7) is 4.18. The van der Waals surface area contributed by atoms with Gasteiger partial charge in [0.2, 0.25) is 0 Å². The molecule has 0 radical (unpaired) electrons. The van der Waals surface area contributed by atoms with Gasteiger partial charge in [-0.2, -0.15) is 0 Å². The zero-order valence-electron chi connectivity index (χ0n) is 12.1. The highest BCUT2D eigenvalue weighted by atomic mass is 19.1. The smallest absolute Gasteiger partial charge is 0.182 e. The molecule has 0 saturated carbocycles. The first-order valence-electron chi connectivity index (χ1n) is 6.89. The molecule has 0 unspecified atom stereocenters. The number of carbonyl (C=O) groups is 1. The maximum absolute atomic E-state index is 13.2. The average molecular weight is 281 g/mol. The molecule has 1 heterocycles. The maximum atomic E-state index is 13.2. The first-order valence-corrected chi connectivity index (χ1v) is 6.89. The Labute approximate surface area is 122 Å². The molecule has 0 aliphatic carbocycles. The van der Waals surface area contributed by atoms with Gasteiger partial charge >= 0.3 is 0 Å². The van der Waals surface area contributed by atoms with E-state index in [2.05, 4.69) is 0 Å². The third kappa shape index (κ3) is 2.59. The molecule has 0 atom stereocenters. The molecule has 3 aromatic rings. The molecule has 21 heavy (non-hydrogen) atoms. The Hall–Kier alpha value is -2.42. The molecule has 0 amide bonds. The molecule has 2 aromatic carbocycles. The van der Waals surface area contributed by atoms with E-state index in [0.29, 0.717) is 0 Å². The summed E-state index contributed by atoms with van der Waals surface area (Å²) < 4.78 is 15.1. The van der Waals surface area contributed by atoms with Gasteiger partial charge in [0.15, 0.2) is 5.78 Å². The Bertz CT molecular complexity index is 832. The SMILES string of the molecule is Cc1ccc(C)c(C(=O)Cn2ccc3cc(F)ccc32)c1. The minimum absolute atomic E-state index is 0.0676. The molecule has 0 aliphatic heterocycles. The van der Waals surface area contributed by atoms with E-state index in [-0.39, 0.29) is 18.1 Å². The van der Waals surface area contributed by atoms with Crippen molar-refractivity contribution in [3.8, 4) is 0 Å². The van der Waals surface area contributed by atoms with E-state index in [9.17, 15) is 9.18 Å². The van der Waals surface area contributed by atoms with Crippen molar-refractivity contribution in [3.63, 3.8) is 0 Å². The number of carbonyl (C=O) groups excluding carboxylic acids is 1. The Balaban J connectivity index is 1.95. The van der Waals surface area contributed by atoms with E-state index < -0.39 is 0 Å². The Morgan fingerprint density at radius 1 is 1.10 bits per heavy atom. The van der Waals surface area contributed by atoms with E-state index in [1.807, 2.05) is 48.9 Å². The van der Waals surface area contributed by atoms with Crippen LogP contribution in [0.1, 0.15) is 21.5 Å². The van der Waals surface area contributed by atoms with Gasteiger partial charge in [0.25, 0.3) is 0 Å². The van der Waals surface area contributed by atoms with Gasteiger partial charge < -0.3 is 4.57 Å². The molecule has 0 bridgehead atoms. The van der Waals surface area contributed by atoms with E-state index in [1.165, 1.54) is 12.1 Å². The second-order valence-electron chi connectivity index (χ2n) is 5.39. The zero-order valence-corrected chi connectivity index (χ0v) is 12.1. The summed E-state index contributed by atoms with van der Waals surface area (Å²) in [7, 11) is 0. The minimum atomic E-state index is -0.263. The molecule has 0 aliphatic rings. The molecule has 3 rings (SSSR count). The van der Waals surface area contributed by atoms with E-state index in [4.69, 9.17) is 0 Å². The highest BCUT2D eigenvalue weighted by Crippen LogP contribution is 2.19. The molecule has 3 heteroatoms. The van der Waals surface area contributed by atoms with Gasteiger partial charge in [0.05, 0.1) is 6.54 Å². The summed E-state index contributed by atoms with van der Waals surface area (Å²) >= 11 is 0. The fraction of sp³-hybridized carbons (Fsp3) is 0.167. The van der Waals surface area contributed by atoms with Crippen LogP contribution < -0.4 is 0 Å². The number of fused-ring (bicyclic) bond motifs is 1. The molecule has 0 N–H and O–H groups in total. The van der Waals surface area contributed by atoms with E-state index >= 15 is 0 Å². The van der Waals surface area contributed by atoms with Crippen LogP contribution in [0.5, 0.6) is 0 Å². The zero-order chi connectivity index (χ0) is 15.0. The number of aromatic nitrogens is 1. The lowest BCUT2D eigenvalue weighted by Gasteiger charge is -2.08. The summed E-state index contributed by atoms with van der Waals surface area (Å²) in [6, 6.07) is 12.3. The average Bonchev–Trinajstić information content (AvgIpc) is 2.83. The third-order valence-corrected chi connectivity index (χ3v) is 3.74. The van der Waals surface area contributed by atoms with Crippen LogP contribution in [0.2, 0.25) is 0 Å². The van der Waals surface area contributed by atoms with Crippen LogP contribution in [0.4, 0.5) is 4.39 Å². The predicted molar refractivity (Wildman–Crippen MR) is 82.1 cm³/mol. The molecular weight excluding hydrogens is 265 g/mol. The fourth-order valence-electron chi connectivity index (χ4n) is 2.59. The monoisotopic (exact) mass is 281 g/mol. The minimum Gasteiger partial charge on any atom is -0.340 e. The van der Waals surface area contributed by atoms with Crippen molar-refractivity contribution in [1.29, 1.82) is 0 Å². The number of benzene rings is 2. The third-order valence-electron chi connectivity index (χ3n) is 3.74. The van der Waals surface area contributed by atoms with Crippen molar-refractivity contribution >= 4 is 16.7 Å². The standard InChI is InChI=1S/C18H16FNO/c1-12-3-4-13(2)16(9-12)18(21)11-20-8-7-14-10-15(19)5-6-17(14)20/h3-10H,11H2,1-2H3. The van der Waals surface area contributed by atoms with Gasteiger partial charge in [-0.3, -0.25) is 4.79 Å². The highest BCUT2D eigenvalue weighted by molar-refractivity contribution is 5.98. The first-order chi connectivity index (χ1) is 10.0. The van der Waals surface area contributed by atoms with Gasteiger partial charge in [0, 0.05) is 22.7 Å². The molecular formula is C18H16FNO. The van der Waals surface area contributed by atoms with Crippen molar-refractivity contribution in [1.82, 2.24) is 4.57 Å². The Morgan fingerprint density at radius 2 is 1.90 bits per heavy atom. The fourth-order valence-corrected chi connectivity index (χ4v) is 2.59. The summed E-state index contributed by atoms with van der Waals surface area (Å²) in [6.07, 6.45) is 1.83. The van der Waals surface area contributed by atoms with Crippen molar-refractivity contribution in [2.75, 3.05) is 0 Å². The maximum Gasteiger partial charge on any atom is 0.182 e. The van der Waals surface area contributed by atoms with E-state index in [1.54, 1.807) is 6.07 Å². The van der Waals surface area contributed by atoms with Gasteiger partial charge in [-0.05, 0) is 49.7 Å². The summed E-state index contributed by atoms with van der Waals surface area (Å²) in [5, 5.41) is 0.809. The van der Waals surface area contributed by atoms with Crippen molar-refractivity contribution < 1.29 is 9.18 Å². The van der Waals surface area contributed by atoms with Crippen LogP contribution in [0.3, 0.4) is 0 Å². The normalized spacial score (nSPS) is 11.0. The van der Waals surface area contributed by atoms with Crippen LogP contribution in [-0.4, -0.2) is 10.4 Å². The van der Waals surface area contributed by atoms with Gasteiger partial charge in [-0.15, -0.1) is 0 Å². The summed E-state index contributed by atoms with van der Waals surface area (Å²) in [5.74, 6) is -0.195. The largest absolute Gasteiger partial charge is 0.340 e. The number of Topliss-reactive ketones (excluding diaryl/α,β-unsaturated/α-hetero) is 1. The summed E-state index contributed by atoms with van der Waals surface area (Å²) in [4.78, 5) is 12.5. The van der Waals surface area contributed by atoms with Crippen LogP contribution >= 0.6 is 0 Å². The topological polar surface area (TPSA) is 22.0 Å². The van der Waals surface area contributed by atoms with E-state index in [0.717, 1.165) is 27.6 Å². The number of nitrogens with zero attached hydrogens (tertiary/aromatic N) is 1. The number of rotatable bonds is 3. The molecule has 0 saturated heterocycles. The number of hydrogen-bond acceptors (Lipinski definition) is 1. The number of hydrogen-bond donors (Lipinski definition) is 0. The predicted octanol–water partition coefficient (Wildman–Crippen LogP) is 4.28. The lowest BCUT2D eigenvalue weighted by molar-refractivity contribution is 0.0973. The first kappa shape index (κ1) is 13.6. The molecule has 0 spiro atoms. The Morgan fingerprint density at radius 3 is 2.71 bits per heavy atom. The van der Waals surface area contributed by atoms with Crippen LogP contribution in [0.15, 0.2) is 48.7 Å². The molecule has 2 nitrogen and oxygen atoms in total. The molecule has 106 valence electrons. The van der Waals surface area contributed by atoms with Crippen LogP contribution in [0, 0.1) is 19.7 Å². The van der Waals surface area contributed by atoms with Gasteiger partial charge in [-0.25, -0.2) is 4.39 Å². The number of halogens is 1. The Kier molecular flexibility index (Phi) is 3.34. The van der Waals surface area contributed by atoms with Gasteiger partial charge in [0.1, 0.15) is 5.82 Å². The van der Waals surface area contributed by atoms with Crippen molar-refractivity contribution in [2.24, 2.45) is 0 Å². The highest BCUT2D eigenvalue weighted by Gasteiger charge is 2.11. The van der Waals surface area contributed by atoms with Crippen molar-refractivity contribution in [3.05, 3.63) is 71.2 Å². The van der Waals surface area contributed by atoms with Crippen LogP contribution in [-0.2, 0) is 6.54 Å². The number of aryl methyl sites for hydroxylation is 2. The van der Waals surface area contributed by atoms with Crippen molar-refractivity contribution in [2.45, 2.75) is 20.4 Å². The molecule has 0 fully saturated rings. The summed E-state index contributed by atoms with van der Waals surface area (Å²) in [5.41, 5.74) is 3.67. The van der Waals surface area contributed by atoms with Crippen LogP contribution in [0.25, 0.3) is 10.9 Å². The van der Waals surface area contributed by atoms with Gasteiger partial charge in [-0.1, -0.05) is 17.7 Å².